The van der Waals surface area contributed by atoms with Crippen molar-refractivity contribution in [1.29, 1.82) is 0 Å². The normalized spacial score (nSPS) is 11.3. The predicted octanol–water partition coefficient (Wildman–Crippen LogP) is 4.20. The molecule has 3 N–H and O–H groups in total. The third-order valence-corrected chi connectivity index (χ3v) is 5.40. The van der Waals surface area contributed by atoms with E-state index in [0.717, 1.165) is 11.1 Å². The monoisotopic (exact) mass is 479 g/mol. The lowest BCUT2D eigenvalue weighted by atomic mass is 10.1. The van der Waals surface area contributed by atoms with Crippen molar-refractivity contribution in [3.05, 3.63) is 100 Å². The van der Waals surface area contributed by atoms with Crippen molar-refractivity contribution in [1.82, 2.24) is 16.2 Å². The molecule has 0 saturated carbocycles. The van der Waals surface area contributed by atoms with E-state index in [4.69, 9.17) is 16.3 Å². The lowest BCUT2D eigenvalue weighted by molar-refractivity contribution is -0.122. The summed E-state index contributed by atoms with van der Waals surface area (Å²) < 4.78 is 5.75. The summed E-state index contributed by atoms with van der Waals surface area (Å²) in [5.41, 5.74) is 7.47. The van der Waals surface area contributed by atoms with Gasteiger partial charge in [-0.25, -0.2) is 0 Å². The Labute approximate surface area is 203 Å². The van der Waals surface area contributed by atoms with Crippen molar-refractivity contribution in [3.63, 3.8) is 0 Å². The summed E-state index contributed by atoms with van der Waals surface area (Å²) >= 11 is 6.02. The van der Waals surface area contributed by atoms with Crippen LogP contribution in [0.15, 0.2) is 72.8 Å². The van der Waals surface area contributed by atoms with E-state index in [-0.39, 0.29) is 12.3 Å². The van der Waals surface area contributed by atoms with Crippen LogP contribution in [0.5, 0.6) is 5.75 Å². The summed E-state index contributed by atoms with van der Waals surface area (Å²) in [5.74, 6) is -0.423. The van der Waals surface area contributed by atoms with Crippen LogP contribution in [0.4, 0.5) is 0 Å². The van der Waals surface area contributed by atoms with Gasteiger partial charge in [0.2, 0.25) is 5.91 Å². The summed E-state index contributed by atoms with van der Waals surface area (Å²) in [6.07, 6.45) is 0.0132. The molecule has 0 unspecified atom stereocenters. The van der Waals surface area contributed by atoms with Crippen molar-refractivity contribution in [2.45, 2.75) is 32.9 Å². The molecule has 0 aliphatic carbocycles. The molecule has 0 aromatic heterocycles. The molecule has 1 atom stereocenters. The zero-order valence-corrected chi connectivity index (χ0v) is 19.7. The van der Waals surface area contributed by atoms with Gasteiger partial charge in [-0.1, -0.05) is 41.9 Å². The minimum atomic E-state index is -0.449. The van der Waals surface area contributed by atoms with Gasteiger partial charge in [0.05, 0.1) is 0 Å². The van der Waals surface area contributed by atoms with Gasteiger partial charge >= 0.3 is 0 Å². The number of rotatable bonds is 8. The van der Waals surface area contributed by atoms with E-state index in [1.165, 1.54) is 0 Å². The first-order chi connectivity index (χ1) is 16.3. The van der Waals surface area contributed by atoms with E-state index < -0.39 is 17.9 Å². The highest BCUT2D eigenvalue weighted by molar-refractivity contribution is 6.31. The number of halogens is 1. The number of ether oxygens (including phenoxy) is 1. The van der Waals surface area contributed by atoms with Gasteiger partial charge in [-0.15, -0.1) is 0 Å². The molecule has 7 nitrogen and oxygen atoms in total. The Bertz CT molecular complexity index is 1150. The topological polar surface area (TPSA) is 96.5 Å². The maximum absolute atomic E-state index is 12.3. The number of hydrogen-bond donors (Lipinski definition) is 3. The van der Waals surface area contributed by atoms with Gasteiger partial charge in [-0.2, -0.15) is 0 Å². The number of hydrazine groups is 1. The zero-order chi connectivity index (χ0) is 24.5. The maximum Gasteiger partial charge on any atom is 0.269 e. The van der Waals surface area contributed by atoms with E-state index in [9.17, 15) is 14.4 Å². The molecule has 0 aliphatic rings. The molecular weight excluding hydrogens is 454 g/mol. The average Bonchev–Trinajstić information content (AvgIpc) is 2.84. The van der Waals surface area contributed by atoms with Crippen LogP contribution in [-0.2, 0) is 11.4 Å². The maximum atomic E-state index is 12.3. The number of benzene rings is 3. The molecule has 176 valence electrons. The largest absolute Gasteiger partial charge is 0.489 e. The second-order valence-corrected chi connectivity index (χ2v) is 8.25. The molecule has 8 heteroatoms. The van der Waals surface area contributed by atoms with Gasteiger partial charge < -0.3 is 10.1 Å². The SMILES string of the molecule is Cc1cc(OCc2ccc(C(=O)NNC(=O)C[C@@H](C)NC(=O)c3ccccc3)cc2)ccc1Cl. The van der Waals surface area contributed by atoms with Crippen LogP contribution in [-0.4, -0.2) is 23.8 Å². The Balaban J connectivity index is 1.42. The minimum absolute atomic E-state index is 0.0132. The smallest absolute Gasteiger partial charge is 0.269 e. The van der Waals surface area contributed by atoms with Crippen molar-refractivity contribution < 1.29 is 19.1 Å². The van der Waals surface area contributed by atoms with E-state index in [2.05, 4.69) is 16.2 Å². The molecule has 0 aliphatic heterocycles. The molecule has 3 aromatic carbocycles. The molecule has 0 fully saturated rings. The van der Waals surface area contributed by atoms with Crippen molar-refractivity contribution in [2.24, 2.45) is 0 Å². The molecule has 0 spiro atoms. The molecular formula is C26H26ClN3O4. The Morgan fingerprint density at radius 2 is 1.56 bits per heavy atom. The summed E-state index contributed by atoms with van der Waals surface area (Å²) in [6.45, 7) is 3.96. The van der Waals surface area contributed by atoms with E-state index in [1.54, 1.807) is 67.6 Å². The van der Waals surface area contributed by atoms with Gasteiger partial charge in [0, 0.05) is 28.6 Å². The predicted molar refractivity (Wildman–Crippen MR) is 131 cm³/mol. The molecule has 0 radical (unpaired) electrons. The van der Waals surface area contributed by atoms with Crippen LogP contribution in [0.25, 0.3) is 0 Å². The molecule has 3 rings (SSSR count). The van der Waals surface area contributed by atoms with Crippen molar-refractivity contribution in [3.8, 4) is 5.75 Å². The highest BCUT2D eigenvalue weighted by atomic mass is 35.5. The lowest BCUT2D eigenvalue weighted by Gasteiger charge is -2.14. The second-order valence-electron chi connectivity index (χ2n) is 7.84. The third kappa shape index (κ3) is 7.35. The van der Waals surface area contributed by atoms with Crippen LogP contribution in [0, 0.1) is 6.92 Å². The van der Waals surface area contributed by atoms with Crippen LogP contribution in [0.3, 0.4) is 0 Å². The fourth-order valence-electron chi connectivity index (χ4n) is 3.10. The Morgan fingerprint density at radius 1 is 0.882 bits per heavy atom. The van der Waals surface area contributed by atoms with E-state index >= 15 is 0 Å². The summed E-state index contributed by atoms with van der Waals surface area (Å²) in [6, 6.07) is 20.6. The van der Waals surface area contributed by atoms with Gasteiger partial charge in [0.15, 0.2) is 0 Å². The first-order valence-electron chi connectivity index (χ1n) is 10.7. The van der Waals surface area contributed by atoms with Crippen molar-refractivity contribution >= 4 is 29.3 Å². The number of nitrogens with one attached hydrogen (secondary N) is 3. The first-order valence-corrected chi connectivity index (χ1v) is 11.1. The fourth-order valence-corrected chi connectivity index (χ4v) is 3.22. The number of aryl methyl sites for hydroxylation is 1. The van der Waals surface area contributed by atoms with Crippen LogP contribution in [0.2, 0.25) is 5.02 Å². The number of carbonyl (C=O) groups excluding carboxylic acids is 3. The van der Waals surface area contributed by atoms with Crippen molar-refractivity contribution in [2.75, 3.05) is 0 Å². The van der Waals surface area contributed by atoms with Gasteiger partial charge in [-0.05, 0) is 67.4 Å². The van der Waals surface area contributed by atoms with Crippen LogP contribution >= 0.6 is 11.6 Å². The first kappa shape index (κ1) is 24.8. The van der Waals surface area contributed by atoms with Gasteiger partial charge in [0.25, 0.3) is 11.8 Å². The molecule has 0 bridgehead atoms. The molecule has 34 heavy (non-hydrogen) atoms. The molecule has 3 amide bonds. The fraction of sp³-hybridized carbons (Fsp3) is 0.192. The second kappa shape index (κ2) is 11.9. The van der Waals surface area contributed by atoms with E-state index in [0.29, 0.717) is 28.5 Å². The molecule has 3 aromatic rings. The van der Waals surface area contributed by atoms with Gasteiger partial charge in [0.1, 0.15) is 12.4 Å². The Morgan fingerprint density at radius 3 is 2.24 bits per heavy atom. The zero-order valence-electron chi connectivity index (χ0n) is 18.9. The molecule has 0 saturated heterocycles. The highest BCUT2D eigenvalue weighted by Crippen LogP contribution is 2.21. The summed E-state index contributed by atoms with van der Waals surface area (Å²) in [7, 11) is 0. The third-order valence-electron chi connectivity index (χ3n) is 4.97. The Kier molecular flexibility index (Phi) is 8.65. The lowest BCUT2D eigenvalue weighted by Crippen LogP contribution is -2.44. The number of hydrogen-bond acceptors (Lipinski definition) is 4. The van der Waals surface area contributed by atoms with E-state index in [1.807, 2.05) is 19.1 Å². The average molecular weight is 480 g/mol. The number of carbonyl (C=O) groups is 3. The summed E-state index contributed by atoms with van der Waals surface area (Å²) in [5, 5.41) is 3.43. The highest BCUT2D eigenvalue weighted by Gasteiger charge is 2.14. The standard InChI is InChI=1S/C26H26ClN3O4/c1-17-14-22(12-13-23(17)27)34-16-19-8-10-21(11-9-19)26(33)30-29-24(31)15-18(2)28-25(32)20-6-4-3-5-7-20/h3-14,18H,15-16H2,1-2H3,(H,28,32)(H,29,31)(H,30,33)/t18-/m1/s1. The van der Waals surface area contributed by atoms with Gasteiger partial charge in [-0.3, -0.25) is 25.2 Å². The van der Waals surface area contributed by atoms with Crippen LogP contribution < -0.4 is 20.9 Å². The minimum Gasteiger partial charge on any atom is -0.489 e. The Hall–Kier alpha value is -3.84. The summed E-state index contributed by atoms with van der Waals surface area (Å²) in [4.78, 5) is 36.6. The molecule has 0 heterocycles. The number of amides is 3. The van der Waals surface area contributed by atoms with Crippen LogP contribution in [0.1, 0.15) is 45.2 Å². The quantitative estimate of drug-likeness (QED) is 0.422.